The normalized spacial score (nSPS) is 15.8. The molecule has 0 aliphatic carbocycles. The van der Waals surface area contributed by atoms with Crippen LogP contribution in [0.3, 0.4) is 0 Å². The van der Waals surface area contributed by atoms with Gasteiger partial charge in [-0.1, -0.05) is 0 Å². The lowest BCUT2D eigenvalue weighted by atomic mass is 9.92. The molecule has 1 aromatic rings. The lowest BCUT2D eigenvalue weighted by Crippen LogP contribution is -2.26. The van der Waals surface area contributed by atoms with E-state index in [2.05, 4.69) is 65.3 Å². The summed E-state index contributed by atoms with van der Waals surface area (Å²) >= 11 is 0. The van der Waals surface area contributed by atoms with E-state index >= 15 is 0 Å². The molecule has 2 rings (SSSR count). The van der Waals surface area contributed by atoms with Gasteiger partial charge in [0.2, 0.25) is 0 Å². The van der Waals surface area contributed by atoms with Crippen molar-refractivity contribution >= 4 is 5.69 Å². The van der Waals surface area contributed by atoms with Crippen molar-refractivity contribution in [2.75, 3.05) is 18.6 Å². The second kappa shape index (κ2) is 4.59. The Kier molecular flexibility index (Phi) is 3.38. The van der Waals surface area contributed by atoms with Gasteiger partial charge in [0.1, 0.15) is 0 Å². The number of hydrogen-bond donors (Lipinski definition) is 0. The molecule has 0 saturated carbocycles. The molecule has 0 spiro atoms. The van der Waals surface area contributed by atoms with Crippen molar-refractivity contribution in [3.05, 3.63) is 39.2 Å². The van der Waals surface area contributed by atoms with Crippen LogP contribution in [0.2, 0.25) is 0 Å². The summed E-state index contributed by atoms with van der Waals surface area (Å²) in [5.74, 6) is 0. The molecule has 2 heteroatoms. The van der Waals surface area contributed by atoms with Crippen molar-refractivity contribution < 1.29 is 0 Å². The van der Waals surface area contributed by atoms with E-state index in [0.29, 0.717) is 0 Å². The first-order valence-corrected chi connectivity index (χ1v) is 7.00. The minimum atomic E-state index is 0.960. The van der Waals surface area contributed by atoms with Crippen LogP contribution >= 0.6 is 0 Å². The molecule has 0 unspecified atom stereocenters. The molecule has 0 bridgehead atoms. The maximum atomic E-state index is 2.46. The summed E-state index contributed by atoms with van der Waals surface area (Å²) in [6, 6.07) is 0. The number of rotatable bonds is 1. The van der Waals surface area contributed by atoms with Crippen molar-refractivity contribution in [1.82, 2.24) is 4.90 Å². The smallest absolute Gasteiger partial charge is 0.0944 e. The predicted octanol–water partition coefficient (Wildman–Crippen LogP) is 4.19. The Labute approximate surface area is 117 Å². The van der Waals surface area contributed by atoms with Crippen LogP contribution in [0.25, 0.3) is 0 Å². The van der Waals surface area contributed by atoms with E-state index in [-0.39, 0.29) is 0 Å². The number of allylic oxidation sites excluding steroid dienone is 2. The maximum Gasteiger partial charge on any atom is 0.0944 e. The van der Waals surface area contributed by atoms with Crippen molar-refractivity contribution in [3.8, 4) is 0 Å². The number of benzene rings is 1. The first-order chi connectivity index (χ1) is 8.77. The second-order valence-electron chi connectivity index (χ2n) is 5.91. The van der Waals surface area contributed by atoms with Crippen LogP contribution in [0.4, 0.5) is 5.69 Å². The second-order valence-corrected chi connectivity index (χ2v) is 5.91. The maximum absolute atomic E-state index is 2.46. The summed E-state index contributed by atoms with van der Waals surface area (Å²) in [4.78, 5) is 4.78. The van der Waals surface area contributed by atoms with Crippen molar-refractivity contribution in [3.63, 3.8) is 0 Å². The van der Waals surface area contributed by atoms with E-state index in [0.717, 1.165) is 6.67 Å². The molecule has 0 amide bonds. The minimum absolute atomic E-state index is 0.960. The molecular formula is C17H26N2. The summed E-state index contributed by atoms with van der Waals surface area (Å²) < 4.78 is 0. The summed E-state index contributed by atoms with van der Waals surface area (Å²) in [5, 5.41) is 0. The lowest BCUT2D eigenvalue weighted by Gasteiger charge is -2.28. The molecule has 1 aliphatic heterocycles. The number of nitrogens with zero attached hydrogens (tertiary/aromatic N) is 2. The average Bonchev–Trinajstić information content (AvgIpc) is 2.62. The van der Waals surface area contributed by atoms with Gasteiger partial charge in [0.15, 0.2) is 0 Å². The third-order valence-corrected chi connectivity index (χ3v) is 5.08. The number of anilines is 1. The Morgan fingerprint density at radius 1 is 0.632 bits per heavy atom. The molecule has 1 aromatic carbocycles. The van der Waals surface area contributed by atoms with Crippen LogP contribution in [-0.4, -0.2) is 18.6 Å². The fourth-order valence-electron chi connectivity index (χ4n) is 3.02. The van der Waals surface area contributed by atoms with Gasteiger partial charge in [-0.05, 0) is 76.3 Å². The van der Waals surface area contributed by atoms with Gasteiger partial charge in [0.05, 0.1) is 6.67 Å². The van der Waals surface area contributed by atoms with E-state index in [4.69, 9.17) is 0 Å². The van der Waals surface area contributed by atoms with Gasteiger partial charge in [0, 0.05) is 24.1 Å². The highest BCUT2D eigenvalue weighted by Gasteiger charge is 2.25. The molecule has 1 heterocycles. The monoisotopic (exact) mass is 258 g/mol. The van der Waals surface area contributed by atoms with Gasteiger partial charge in [-0.25, -0.2) is 0 Å². The lowest BCUT2D eigenvalue weighted by molar-refractivity contribution is 0.459. The summed E-state index contributed by atoms with van der Waals surface area (Å²) in [6.45, 7) is 16.6. The fraction of sp³-hybridized carbons (Fsp3) is 0.529. The van der Waals surface area contributed by atoms with E-state index in [1.165, 1.54) is 44.9 Å². The molecule has 0 N–H and O–H groups in total. The molecule has 0 atom stereocenters. The Morgan fingerprint density at radius 3 is 1.42 bits per heavy atom. The highest BCUT2D eigenvalue weighted by molar-refractivity contribution is 5.69. The zero-order valence-electron chi connectivity index (χ0n) is 13.6. The molecule has 0 saturated heterocycles. The fourth-order valence-corrected chi connectivity index (χ4v) is 3.02. The summed E-state index contributed by atoms with van der Waals surface area (Å²) in [6.07, 6.45) is 0. The van der Waals surface area contributed by atoms with Crippen LogP contribution in [0.15, 0.2) is 11.4 Å². The quantitative estimate of drug-likeness (QED) is 0.745. The van der Waals surface area contributed by atoms with Gasteiger partial charge in [-0.3, -0.25) is 0 Å². The predicted molar refractivity (Wildman–Crippen MR) is 83.6 cm³/mol. The molecule has 0 aromatic heterocycles. The molecule has 104 valence electrons. The third-order valence-electron chi connectivity index (χ3n) is 5.08. The first-order valence-electron chi connectivity index (χ1n) is 7.00. The Hall–Kier alpha value is -1.44. The van der Waals surface area contributed by atoms with Crippen molar-refractivity contribution in [2.24, 2.45) is 0 Å². The van der Waals surface area contributed by atoms with Crippen molar-refractivity contribution in [2.45, 2.75) is 48.5 Å². The zero-order valence-corrected chi connectivity index (χ0v) is 13.6. The topological polar surface area (TPSA) is 6.48 Å². The van der Waals surface area contributed by atoms with Crippen LogP contribution in [-0.2, 0) is 0 Å². The van der Waals surface area contributed by atoms with E-state index in [1.54, 1.807) is 0 Å². The van der Waals surface area contributed by atoms with Crippen LogP contribution < -0.4 is 4.90 Å². The summed E-state index contributed by atoms with van der Waals surface area (Å²) in [7, 11) is 2.16. The molecule has 0 fully saturated rings. The van der Waals surface area contributed by atoms with Gasteiger partial charge in [0.25, 0.3) is 0 Å². The Bertz CT molecular complexity index is 538. The van der Waals surface area contributed by atoms with E-state index in [1.807, 2.05) is 0 Å². The van der Waals surface area contributed by atoms with Gasteiger partial charge in [-0.2, -0.15) is 0 Å². The third kappa shape index (κ3) is 1.94. The Morgan fingerprint density at radius 2 is 1.05 bits per heavy atom. The van der Waals surface area contributed by atoms with Gasteiger partial charge in [-0.15, -0.1) is 0 Å². The van der Waals surface area contributed by atoms with E-state index < -0.39 is 0 Å². The molecule has 0 radical (unpaired) electrons. The van der Waals surface area contributed by atoms with Crippen molar-refractivity contribution in [1.29, 1.82) is 0 Å². The SMILES string of the molecule is CC1=C(C)N(c2c(C)c(C)c(C)c(C)c2C)CN1C. The molecule has 1 aliphatic rings. The highest BCUT2D eigenvalue weighted by atomic mass is 15.4. The highest BCUT2D eigenvalue weighted by Crippen LogP contribution is 2.37. The molecular weight excluding hydrogens is 232 g/mol. The number of hydrogen-bond acceptors (Lipinski definition) is 2. The van der Waals surface area contributed by atoms with Crippen LogP contribution in [0.5, 0.6) is 0 Å². The molecule has 2 nitrogen and oxygen atoms in total. The summed E-state index contributed by atoms with van der Waals surface area (Å²) in [5.41, 5.74) is 11.3. The minimum Gasteiger partial charge on any atom is -0.359 e. The van der Waals surface area contributed by atoms with Gasteiger partial charge < -0.3 is 9.80 Å². The van der Waals surface area contributed by atoms with E-state index in [9.17, 15) is 0 Å². The first kappa shape index (κ1) is 14.0. The standard InChI is InChI=1S/C17H26N2/c1-10-11(2)13(4)17(14(5)12(10)3)19-9-18(8)15(6)16(19)7/h9H2,1-8H3. The zero-order chi connectivity index (χ0) is 14.5. The average molecular weight is 258 g/mol. The van der Waals surface area contributed by atoms with Gasteiger partial charge >= 0.3 is 0 Å². The largest absolute Gasteiger partial charge is 0.359 e. The van der Waals surface area contributed by atoms with Crippen LogP contribution in [0, 0.1) is 34.6 Å². The van der Waals surface area contributed by atoms with Crippen LogP contribution in [0.1, 0.15) is 41.7 Å². The Balaban J connectivity index is 2.66. The molecule has 19 heavy (non-hydrogen) atoms.